The van der Waals surface area contributed by atoms with Crippen molar-refractivity contribution in [2.45, 2.75) is 6.92 Å². The summed E-state index contributed by atoms with van der Waals surface area (Å²) < 4.78 is 2.10. The Morgan fingerprint density at radius 2 is 1.76 bits per heavy atom. The van der Waals surface area contributed by atoms with E-state index in [1.54, 1.807) is 0 Å². The van der Waals surface area contributed by atoms with Gasteiger partial charge in [0.1, 0.15) is 5.65 Å². The zero-order valence-corrected chi connectivity index (χ0v) is 11.9. The molecular formula is C17H14N4. The first-order chi connectivity index (χ1) is 10.2. The molecule has 0 amide bonds. The monoisotopic (exact) mass is 274 g/mol. The summed E-state index contributed by atoms with van der Waals surface area (Å²) in [6.07, 6.45) is 3.70. The van der Waals surface area contributed by atoms with E-state index in [9.17, 15) is 0 Å². The largest absolute Gasteiger partial charge is 0.328 e. The number of pyridine rings is 3. The van der Waals surface area contributed by atoms with Crippen LogP contribution in [0.4, 0.5) is 0 Å². The summed E-state index contributed by atoms with van der Waals surface area (Å²) in [6.45, 7) is 1.99. The summed E-state index contributed by atoms with van der Waals surface area (Å²) in [5.74, 6) is 0. The molecule has 4 heterocycles. The molecule has 0 aliphatic heterocycles. The Hall–Kier alpha value is -2.75. The minimum Gasteiger partial charge on any atom is -0.328 e. The van der Waals surface area contributed by atoms with Crippen LogP contribution < -0.4 is 0 Å². The molecule has 102 valence electrons. The van der Waals surface area contributed by atoms with Crippen molar-refractivity contribution in [1.82, 2.24) is 19.5 Å². The Bertz CT molecular complexity index is 969. The van der Waals surface area contributed by atoms with Crippen molar-refractivity contribution >= 4 is 21.9 Å². The SMILES string of the molecule is Cc1cccc(-c2ccc3c4cnccc4n(C)c3n2)n1. The van der Waals surface area contributed by atoms with Crippen LogP contribution in [0.5, 0.6) is 0 Å². The molecule has 4 heteroatoms. The maximum atomic E-state index is 4.80. The van der Waals surface area contributed by atoms with Gasteiger partial charge in [0.25, 0.3) is 0 Å². The van der Waals surface area contributed by atoms with Crippen LogP contribution in [0.1, 0.15) is 5.69 Å². The Balaban J connectivity index is 2.02. The summed E-state index contributed by atoms with van der Waals surface area (Å²) in [5, 5.41) is 2.25. The van der Waals surface area contributed by atoms with Crippen molar-refractivity contribution in [3.05, 3.63) is 54.5 Å². The first-order valence-electron chi connectivity index (χ1n) is 6.87. The standard InChI is InChI=1S/C17H14N4/c1-11-4-3-5-14(19-11)15-7-6-12-13-10-18-9-8-16(13)21(2)17(12)20-15/h3-10H,1-2H3. The first kappa shape index (κ1) is 12.0. The molecule has 0 saturated heterocycles. The second kappa shape index (κ2) is 4.38. The minimum absolute atomic E-state index is 0.894. The topological polar surface area (TPSA) is 43.6 Å². The van der Waals surface area contributed by atoms with Gasteiger partial charge in [0.2, 0.25) is 0 Å². The normalized spacial score (nSPS) is 11.3. The number of hydrogen-bond donors (Lipinski definition) is 0. The van der Waals surface area contributed by atoms with Crippen LogP contribution in [-0.2, 0) is 7.05 Å². The third-order valence-electron chi connectivity index (χ3n) is 3.79. The summed E-state index contributed by atoms with van der Waals surface area (Å²) in [7, 11) is 2.03. The lowest BCUT2D eigenvalue weighted by molar-refractivity contribution is 0.988. The summed E-state index contributed by atoms with van der Waals surface area (Å²) in [4.78, 5) is 13.6. The smallest absolute Gasteiger partial charge is 0.141 e. The Morgan fingerprint density at radius 1 is 0.905 bits per heavy atom. The van der Waals surface area contributed by atoms with E-state index in [0.717, 1.165) is 39.0 Å². The molecule has 0 unspecified atom stereocenters. The van der Waals surface area contributed by atoms with Crippen LogP contribution in [0, 0.1) is 6.92 Å². The number of nitrogens with zero attached hydrogens (tertiary/aromatic N) is 4. The molecule has 4 aromatic heterocycles. The van der Waals surface area contributed by atoms with Crippen molar-refractivity contribution in [3.8, 4) is 11.4 Å². The van der Waals surface area contributed by atoms with E-state index in [0.29, 0.717) is 0 Å². The lowest BCUT2D eigenvalue weighted by atomic mass is 10.2. The lowest BCUT2D eigenvalue weighted by Gasteiger charge is -2.03. The van der Waals surface area contributed by atoms with Crippen molar-refractivity contribution in [2.75, 3.05) is 0 Å². The summed E-state index contributed by atoms with van der Waals surface area (Å²) >= 11 is 0. The molecule has 4 nitrogen and oxygen atoms in total. The van der Waals surface area contributed by atoms with Crippen molar-refractivity contribution in [3.63, 3.8) is 0 Å². The van der Waals surface area contributed by atoms with E-state index in [-0.39, 0.29) is 0 Å². The van der Waals surface area contributed by atoms with Gasteiger partial charge >= 0.3 is 0 Å². The molecule has 0 radical (unpaired) electrons. The molecule has 0 atom stereocenters. The van der Waals surface area contributed by atoms with Crippen LogP contribution >= 0.6 is 0 Å². The number of aryl methyl sites for hydroxylation is 2. The van der Waals surface area contributed by atoms with Crippen LogP contribution in [0.2, 0.25) is 0 Å². The zero-order valence-electron chi connectivity index (χ0n) is 11.9. The fourth-order valence-corrected chi connectivity index (χ4v) is 2.74. The molecular weight excluding hydrogens is 260 g/mol. The van der Waals surface area contributed by atoms with Gasteiger partial charge in [-0.3, -0.25) is 9.97 Å². The van der Waals surface area contributed by atoms with E-state index < -0.39 is 0 Å². The zero-order chi connectivity index (χ0) is 14.4. The van der Waals surface area contributed by atoms with Gasteiger partial charge in [0.15, 0.2) is 0 Å². The number of aromatic nitrogens is 4. The average Bonchev–Trinajstić information content (AvgIpc) is 2.81. The van der Waals surface area contributed by atoms with Gasteiger partial charge in [-0.1, -0.05) is 6.07 Å². The van der Waals surface area contributed by atoms with E-state index in [1.807, 2.05) is 56.7 Å². The van der Waals surface area contributed by atoms with Gasteiger partial charge in [0.05, 0.1) is 16.9 Å². The van der Waals surface area contributed by atoms with Gasteiger partial charge in [-0.05, 0) is 37.3 Å². The van der Waals surface area contributed by atoms with E-state index in [1.165, 1.54) is 0 Å². The molecule has 0 aromatic carbocycles. The highest BCUT2D eigenvalue weighted by molar-refractivity contribution is 6.06. The lowest BCUT2D eigenvalue weighted by Crippen LogP contribution is -1.93. The third-order valence-corrected chi connectivity index (χ3v) is 3.79. The number of rotatable bonds is 1. The van der Waals surface area contributed by atoms with Crippen LogP contribution in [0.15, 0.2) is 48.8 Å². The highest BCUT2D eigenvalue weighted by atomic mass is 15.0. The molecule has 0 N–H and O–H groups in total. The van der Waals surface area contributed by atoms with Crippen LogP contribution in [0.25, 0.3) is 33.3 Å². The maximum Gasteiger partial charge on any atom is 0.141 e. The van der Waals surface area contributed by atoms with Crippen LogP contribution in [0.3, 0.4) is 0 Å². The summed E-state index contributed by atoms with van der Waals surface area (Å²) in [6, 6.07) is 12.1. The average molecular weight is 274 g/mol. The van der Waals surface area contributed by atoms with Crippen molar-refractivity contribution in [2.24, 2.45) is 7.05 Å². The van der Waals surface area contributed by atoms with Crippen LogP contribution in [-0.4, -0.2) is 19.5 Å². The molecule has 0 spiro atoms. The van der Waals surface area contributed by atoms with Gasteiger partial charge < -0.3 is 4.57 Å². The highest BCUT2D eigenvalue weighted by Crippen LogP contribution is 2.28. The molecule has 4 rings (SSSR count). The first-order valence-corrected chi connectivity index (χ1v) is 6.87. The minimum atomic E-state index is 0.894. The highest BCUT2D eigenvalue weighted by Gasteiger charge is 2.11. The molecule has 0 aliphatic rings. The van der Waals surface area contributed by atoms with E-state index >= 15 is 0 Å². The fourth-order valence-electron chi connectivity index (χ4n) is 2.74. The van der Waals surface area contributed by atoms with Gasteiger partial charge in [0, 0.05) is 35.9 Å². The quantitative estimate of drug-likeness (QED) is 0.533. The maximum absolute atomic E-state index is 4.80. The Labute approximate surface area is 122 Å². The second-order valence-corrected chi connectivity index (χ2v) is 5.18. The molecule has 0 bridgehead atoms. The second-order valence-electron chi connectivity index (χ2n) is 5.18. The van der Waals surface area contributed by atoms with E-state index in [2.05, 4.69) is 20.6 Å². The Kier molecular flexibility index (Phi) is 2.51. The van der Waals surface area contributed by atoms with Crippen molar-refractivity contribution in [1.29, 1.82) is 0 Å². The summed E-state index contributed by atoms with van der Waals surface area (Å²) in [5.41, 5.74) is 4.89. The van der Waals surface area contributed by atoms with Crippen molar-refractivity contribution < 1.29 is 0 Å². The van der Waals surface area contributed by atoms with Gasteiger partial charge in [-0.25, -0.2) is 4.98 Å². The molecule has 0 fully saturated rings. The molecule has 0 saturated carbocycles. The number of hydrogen-bond acceptors (Lipinski definition) is 3. The predicted molar refractivity (Wildman–Crippen MR) is 84.0 cm³/mol. The van der Waals surface area contributed by atoms with Gasteiger partial charge in [-0.2, -0.15) is 0 Å². The molecule has 4 aromatic rings. The fraction of sp³-hybridized carbons (Fsp3) is 0.118. The van der Waals surface area contributed by atoms with Gasteiger partial charge in [-0.15, -0.1) is 0 Å². The predicted octanol–water partition coefficient (Wildman–Crippen LogP) is 3.49. The van der Waals surface area contributed by atoms with E-state index in [4.69, 9.17) is 4.98 Å². The molecule has 21 heavy (non-hydrogen) atoms. The third kappa shape index (κ3) is 1.80. The Morgan fingerprint density at radius 3 is 2.62 bits per heavy atom. The molecule has 0 aliphatic carbocycles. The number of fused-ring (bicyclic) bond motifs is 3.